The van der Waals surface area contributed by atoms with Gasteiger partial charge in [0.25, 0.3) is 0 Å². The molecule has 27 heavy (non-hydrogen) atoms. The fourth-order valence-electron chi connectivity index (χ4n) is 3.73. The van der Waals surface area contributed by atoms with Crippen molar-refractivity contribution < 1.29 is 23.5 Å². The van der Waals surface area contributed by atoms with E-state index in [0.29, 0.717) is 37.8 Å². The van der Waals surface area contributed by atoms with Crippen molar-refractivity contribution in [1.82, 2.24) is 15.0 Å². The van der Waals surface area contributed by atoms with Crippen LogP contribution >= 0.6 is 0 Å². The maximum atomic E-state index is 12.4. The second kappa shape index (κ2) is 7.19. The highest BCUT2D eigenvalue weighted by Crippen LogP contribution is 2.38. The zero-order valence-electron chi connectivity index (χ0n) is 15.6. The van der Waals surface area contributed by atoms with E-state index in [-0.39, 0.29) is 18.1 Å². The number of aromatic nitrogens is 2. The number of ether oxygens (including phenoxy) is 3. The number of amides is 1. The Balaban J connectivity index is 1.44. The highest BCUT2D eigenvalue weighted by atomic mass is 16.7. The molecule has 0 spiro atoms. The number of hydrogen-bond donors (Lipinski definition) is 0. The standard InChI is InChI=1S/C19H23N3O5/c1-19(8-13-3-4-14-15(7-13)26-12-25-14)6-5-18(23)22(11-19)9-17-20-16(10-24-2)21-27-17/h3-4,7H,5-6,8-12H2,1-2H3/t19-/m0/s1. The van der Waals surface area contributed by atoms with Crippen LogP contribution in [0.4, 0.5) is 0 Å². The van der Waals surface area contributed by atoms with Gasteiger partial charge in [-0.1, -0.05) is 18.1 Å². The lowest BCUT2D eigenvalue weighted by Gasteiger charge is -2.40. The van der Waals surface area contributed by atoms with Crippen molar-refractivity contribution in [3.05, 3.63) is 35.5 Å². The lowest BCUT2D eigenvalue weighted by molar-refractivity contribution is -0.138. The van der Waals surface area contributed by atoms with Crippen molar-refractivity contribution in [2.75, 3.05) is 20.4 Å². The van der Waals surface area contributed by atoms with Crippen LogP contribution in [0.1, 0.15) is 37.0 Å². The van der Waals surface area contributed by atoms with Crippen molar-refractivity contribution in [3.8, 4) is 11.5 Å². The molecule has 1 aromatic heterocycles. The summed E-state index contributed by atoms with van der Waals surface area (Å²) in [5, 5.41) is 3.86. The van der Waals surface area contributed by atoms with Gasteiger partial charge >= 0.3 is 0 Å². The zero-order chi connectivity index (χ0) is 18.9. The molecule has 1 saturated heterocycles. The summed E-state index contributed by atoms with van der Waals surface area (Å²) in [6, 6.07) is 6.04. The fraction of sp³-hybridized carbons (Fsp3) is 0.526. The molecule has 8 heteroatoms. The molecule has 0 saturated carbocycles. The molecule has 0 radical (unpaired) electrons. The first-order valence-electron chi connectivity index (χ1n) is 9.01. The van der Waals surface area contributed by atoms with Crippen molar-refractivity contribution in [1.29, 1.82) is 0 Å². The van der Waals surface area contributed by atoms with Crippen LogP contribution in [-0.2, 0) is 29.1 Å². The third-order valence-electron chi connectivity index (χ3n) is 5.05. The van der Waals surface area contributed by atoms with Crippen LogP contribution in [-0.4, -0.2) is 41.4 Å². The van der Waals surface area contributed by atoms with Crippen LogP contribution in [0.2, 0.25) is 0 Å². The summed E-state index contributed by atoms with van der Waals surface area (Å²) in [6.45, 7) is 3.74. The number of likely N-dealkylation sites (tertiary alicyclic amines) is 1. The van der Waals surface area contributed by atoms with Gasteiger partial charge in [-0.05, 0) is 36.0 Å². The molecule has 2 aliphatic heterocycles. The maximum absolute atomic E-state index is 12.4. The Labute approximate surface area is 157 Å². The van der Waals surface area contributed by atoms with Crippen LogP contribution in [0.25, 0.3) is 0 Å². The lowest BCUT2D eigenvalue weighted by Crippen LogP contribution is -2.45. The normalized spacial score (nSPS) is 21.7. The molecule has 144 valence electrons. The summed E-state index contributed by atoms with van der Waals surface area (Å²) >= 11 is 0. The monoisotopic (exact) mass is 373 g/mol. The number of fused-ring (bicyclic) bond motifs is 1. The number of methoxy groups -OCH3 is 1. The summed E-state index contributed by atoms with van der Waals surface area (Å²) in [7, 11) is 1.58. The fourth-order valence-corrected chi connectivity index (χ4v) is 3.73. The Bertz CT molecular complexity index is 837. The van der Waals surface area contributed by atoms with E-state index in [1.165, 1.54) is 5.56 Å². The van der Waals surface area contributed by atoms with Crippen molar-refractivity contribution >= 4 is 5.91 Å². The predicted octanol–water partition coefficient (Wildman–Crippen LogP) is 2.32. The van der Waals surface area contributed by atoms with Gasteiger partial charge in [0.2, 0.25) is 18.6 Å². The minimum absolute atomic E-state index is 0.0308. The molecule has 0 unspecified atom stereocenters. The molecule has 2 aromatic rings. The van der Waals surface area contributed by atoms with Crippen LogP contribution in [0.15, 0.2) is 22.7 Å². The number of carbonyl (C=O) groups is 1. The molecule has 0 bridgehead atoms. The van der Waals surface area contributed by atoms with Crippen LogP contribution < -0.4 is 9.47 Å². The van der Waals surface area contributed by atoms with Crippen molar-refractivity contribution in [2.24, 2.45) is 5.41 Å². The molecule has 4 rings (SSSR count). The minimum Gasteiger partial charge on any atom is -0.454 e. The Morgan fingerprint density at radius 1 is 1.30 bits per heavy atom. The number of rotatable bonds is 6. The van der Waals surface area contributed by atoms with Gasteiger partial charge in [-0.3, -0.25) is 4.79 Å². The molecule has 1 atom stereocenters. The second-order valence-electron chi connectivity index (χ2n) is 7.46. The summed E-state index contributed by atoms with van der Waals surface area (Å²) < 4.78 is 21.1. The molecule has 1 aromatic carbocycles. The zero-order valence-corrected chi connectivity index (χ0v) is 15.6. The molecule has 2 aliphatic rings. The number of nitrogens with zero attached hydrogens (tertiary/aromatic N) is 3. The van der Waals surface area contributed by atoms with Crippen molar-refractivity contribution in [2.45, 2.75) is 39.3 Å². The van der Waals surface area contributed by atoms with Gasteiger partial charge in [-0.2, -0.15) is 4.98 Å². The van der Waals surface area contributed by atoms with Gasteiger partial charge in [0, 0.05) is 20.1 Å². The Hall–Kier alpha value is -2.61. The average Bonchev–Trinajstić information content (AvgIpc) is 3.27. The highest BCUT2D eigenvalue weighted by Gasteiger charge is 2.36. The van der Waals surface area contributed by atoms with Gasteiger partial charge in [-0.15, -0.1) is 0 Å². The van der Waals surface area contributed by atoms with Crippen molar-refractivity contribution in [3.63, 3.8) is 0 Å². The Morgan fingerprint density at radius 2 is 2.15 bits per heavy atom. The van der Waals surface area contributed by atoms with E-state index >= 15 is 0 Å². The van der Waals surface area contributed by atoms with E-state index in [0.717, 1.165) is 24.3 Å². The smallest absolute Gasteiger partial charge is 0.246 e. The van der Waals surface area contributed by atoms with Crippen LogP contribution in [0, 0.1) is 5.41 Å². The summed E-state index contributed by atoms with van der Waals surface area (Å²) in [5.74, 6) is 2.61. The Morgan fingerprint density at radius 3 is 3.00 bits per heavy atom. The molecule has 0 N–H and O–H groups in total. The largest absolute Gasteiger partial charge is 0.454 e. The first-order chi connectivity index (χ1) is 13.0. The minimum atomic E-state index is -0.0308. The molecule has 8 nitrogen and oxygen atoms in total. The third kappa shape index (κ3) is 3.90. The van der Waals surface area contributed by atoms with Gasteiger partial charge in [-0.25, -0.2) is 0 Å². The molecule has 1 fully saturated rings. The van der Waals surface area contributed by atoms with E-state index in [1.807, 2.05) is 12.1 Å². The van der Waals surface area contributed by atoms with Crippen LogP contribution in [0.5, 0.6) is 11.5 Å². The molecule has 1 amide bonds. The van der Waals surface area contributed by atoms with E-state index in [4.69, 9.17) is 18.7 Å². The molecule has 3 heterocycles. The SMILES string of the molecule is COCc1noc(CN2C[C@](C)(Cc3ccc4c(c3)OCO4)CCC2=O)n1. The summed E-state index contributed by atoms with van der Waals surface area (Å²) in [4.78, 5) is 18.5. The van der Waals surface area contributed by atoms with Gasteiger partial charge < -0.3 is 23.6 Å². The lowest BCUT2D eigenvalue weighted by atomic mass is 9.76. The third-order valence-corrected chi connectivity index (χ3v) is 5.05. The maximum Gasteiger partial charge on any atom is 0.246 e. The van der Waals surface area contributed by atoms with E-state index < -0.39 is 0 Å². The average molecular weight is 373 g/mol. The molecular weight excluding hydrogens is 350 g/mol. The van der Waals surface area contributed by atoms with E-state index in [9.17, 15) is 4.79 Å². The van der Waals surface area contributed by atoms with Crippen LogP contribution in [0.3, 0.4) is 0 Å². The number of benzene rings is 1. The van der Waals surface area contributed by atoms with Gasteiger partial charge in [0.1, 0.15) is 6.61 Å². The molecule has 0 aliphatic carbocycles. The number of carbonyl (C=O) groups excluding carboxylic acids is 1. The molecular formula is C19H23N3O5. The van der Waals surface area contributed by atoms with E-state index in [1.54, 1.807) is 12.0 Å². The highest BCUT2D eigenvalue weighted by molar-refractivity contribution is 5.77. The first kappa shape index (κ1) is 17.8. The van der Waals surface area contributed by atoms with Gasteiger partial charge in [0.15, 0.2) is 17.3 Å². The first-order valence-corrected chi connectivity index (χ1v) is 9.01. The summed E-state index contributed by atoms with van der Waals surface area (Å²) in [5.41, 5.74) is 1.15. The van der Waals surface area contributed by atoms with Gasteiger partial charge in [0.05, 0.1) is 6.54 Å². The summed E-state index contributed by atoms with van der Waals surface area (Å²) in [6.07, 6.45) is 2.21. The second-order valence-corrected chi connectivity index (χ2v) is 7.46. The quantitative estimate of drug-likeness (QED) is 0.768. The Kier molecular flexibility index (Phi) is 4.73. The predicted molar refractivity (Wildman–Crippen MR) is 94.0 cm³/mol. The topological polar surface area (TPSA) is 86.9 Å². The number of hydrogen-bond acceptors (Lipinski definition) is 7. The number of piperidine rings is 1. The van der Waals surface area contributed by atoms with E-state index in [2.05, 4.69) is 23.1 Å².